The van der Waals surface area contributed by atoms with Crippen molar-refractivity contribution in [1.29, 1.82) is 0 Å². The maximum absolute atomic E-state index is 5.91. The highest BCUT2D eigenvalue weighted by molar-refractivity contribution is 6.25. The molecule has 0 aromatic heterocycles. The summed E-state index contributed by atoms with van der Waals surface area (Å²) in [5.41, 5.74) is -1.08. The van der Waals surface area contributed by atoms with Crippen molar-refractivity contribution in [2.24, 2.45) is 0 Å². The number of benzene rings is 2. The molecule has 0 aliphatic rings. The molecule has 91 valence electrons. The second kappa shape index (κ2) is 5.93. The van der Waals surface area contributed by atoms with Crippen molar-refractivity contribution in [2.45, 2.75) is 5.41 Å². The van der Waals surface area contributed by atoms with Gasteiger partial charge in [-0.3, -0.25) is 0 Å². The molecule has 2 nitrogen and oxygen atoms in total. The van der Waals surface area contributed by atoms with Gasteiger partial charge < -0.3 is 9.47 Å². The van der Waals surface area contributed by atoms with Crippen LogP contribution in [0.15, 0.2) is 60.7 Å². The summed E-state index contributed by atoms with van der Waals surface area (Å²) in [6.45, 7) is 0. The molecule has 0 N–H and O–H groups in total. The van der Waals surface area contributed by atoms with Crippen LogP contribution in [0, 0.1) is 0 Å². The molecule has 4 heteroatoms. The van der Waals surface area contributed by atoms with Crippen LogP contribution >= 0.6 is 11.6 Å². The van der Waals surface area contributed by atoms with E-state index in [4.69, 9.17) is 21.1 Å². The van der Waals surface area contributed by atoms with Gasteiger partial charge >= 0.3 is 0 Å². The molecular formula is C14H12ClO2Si. The Morgan fingerprint density at radius 2 is 1.22 bits per heavy atom. The molecule has 2 rings (SSSR count). The lowest BCUT2D eigenvalue weighted by atomic mass is 10.3. The van der Waals surface area contributed by atoms with Gasteiger partial charge in [-0.05, 0) is 24.3 Å². The Labute approximate surface area is 115 Å². The third-order valence-corrected chi connectivity index (χ3v) is 3.18. The molecule has 0 spiro atoms. The zero-order valence-electron chi connectivity index (χ0n) is 9.68. The first-order valence-electron chi connectivity index (χ1n) is 5.51. The summed E-state index contributed by atoms with van der Waals surface area (Å²) in [6.07, 6.45) is 0. The minimum absolute atomic E-state index is 0.147. The minimum Gasteiger partial charge on any atom is -0.456 e. The number of alkyl halides is 1. The highest BCUT2D eigenvalue weighted by Crippen LogP contribution is 2.21. The summed E-state index contributed by atoms with van der Waals surface area (Å²) in [6, 6.07) is 18.8. The predicted molar refractivity (Wildman–Crippen MR) is 73.3 cm³/mol. The smallest absolute Gasteiger partial charge is 0.234 e. The van der Waals surface area contributed by atoms with Crippen LogP contribution in [-0.2, 0) is 0 Å². The van der Waals surface area contributed by atoms with Crippen LogP contribution in [0.5, 0.6) is 11.5 Å². The predicted octanol–water partition coefficient (Wildman–Crippen LogP) is 3.21. The molecule has 0 amide bonds. The lowest BCUT2D eigenvalue weighted by Gasteiger charge is -2.29. The van der Waals surface area contributed by atoms with Crippen LogP contribution < -0.4 is 9.47 Å². The van der Waals surface area contributed by atoms with E-state index in [-0.39, 0.29) is 5.88 Å². The number of para-hydroxylation sites is 2. The van der Waals surface area contributed by atoms with Crippen molar-refractivity contribution in [3.8, 4) is 11.5 Å². The molecule has 0 heterocycles. The Morgan fingerprint density at radius 3 is 1.56 bits per heavy atom. The number of rotatable bonds is 5. The first-order valence-corrected chi connectivity index (χ1v) is 6.54. The molecule has 0 atom stereocenters. The van der Waals surface area contributed by atoms with Gasteiger partial charge in [-0.25, -0.2) is 0 Å². The van der Waals surface area contributed by atoms with E-state index in [1.165, 1.54) is 0 Å². The summed E-state index contributed by atoms with van der Waals surface area (Å²) in [7, 11) is 3.44. The van der Waals surface area contributed by atoms with E-state index in [1.54, 1.807) is 0 Å². The zero-order valence-corrected chi connectivity index (χ0v) is 11.4. The summed E-state index contributed by atoms with van der Waals surface area (Å²) < 4.78 is 11.4. The van der Waals surface area contributed by atoms with Gasteiger partial charge in [0.2, 0.25) is 5.41 Å². The molecule has 0 aliphatic heterocycles. The zero-order chi connectivity index (χ0) is 12.8. The van der Waals surface area contributed by atoms with Crippen molar-refractivity contribution in [1.82, 2.24) is 0 Å². The van der Waals surface area contributed by atoms with Gasteiger partial charge in [0.25, 0.3) is 0 Å². The van der Waals surface area contributed by atoms with E-state index < -0.39 is 5.41 Å². The van der Waals surface area contributed by atoms with Crippen LogP contribution in [0.1, 0.15) is 0 Å². The summed E-state index contributed by atoms with van der Waals surface area (Å²) in [5.74, 6) is 1.52. The number of ether oxygens (including phenoxy) is 2. The van der Waals surface area contributed by atoms with Gasteiger partial charge in [0.05, 0.1) is 5.88 Å². The second-order valence-corrected chi connectivity index (χ2v) is 4.75. The highest BCUT2D eigenvalue weighted by atomic mass is 35.5. The van der Waals surface area contributed by atoms with Crippen LogP contribution in [0.4, 0.5) is 0 Å². The number of hydrogen-bond acceptors (Lipinski definition) is 2. The normalized spacial score (nSPS) is 11.0. The lowest BCUT2D eigenvalue weighted by Crippen LogP contribution is -2.45. The number of halogens is 1. The third kappa shape index (κ3) is 3.52. The Balaban J connectivity index is 2.11. The van der Waals surface area contributed by atoms with E-state index in [2.05, 4.69) is 10.2 Å². The topological polar surface area (TPSA) is 18.5 Å². The Hall–Kier alpha value is -1.45. The van der Waals surface area contributed by atoms with Gasteiger partial charge in [0.1, 0.15) is 11.5 Å². The van der Waals surface area contributed by atoms with Gasteiger partial charge in [-0.15, -0.1) is 11.6 Å². The molecule has 0 saturated carbocycles. The van der Waals surface area contributed by atoms with Gasteiger partial charge in [0.15, 0.2) is 10.2 Å². The first kappa shape index (κ1) is 13.0. The van der Waals surface area contributed by atoms with Crippen LogP contribution in [-0.4, -0.2) is 21.5 Å². The van der Waals surface area contributed by atoms with Gasteiger partial charge in [0, 0.05) is 0 Å². The quantitative estimate of drug-likeness (QED) is 0.474. The molecule has 0 fully saturated rings. The van der Waals surface area contributed by atoms with Gasteiger partial charge in [-0.1, -0.05) is 36.4 Å². The van der Waals surface area contributed by atoms with E-state index >= 15 is 0 Å². The minimum atomic E-state index is -1.08. The maximum Gasteiger partial charge on any atom is 0.234 e. The van der Waals surface area contributed by atoms with Crippen LogP contribution in [0.2, 0.25) is 0 Å². The largest absolute Gasteiger partial charge is 0.456 e. The summed E-state index contributed by atoms with van der Waals surface area (Å²) in [4.78, 5) is 0. The Morgan fingerprint density at radius 1 is 0.833 bits per heavy atom. The standard InChI is InChI=1S/C14H12ClO2Si/c15-11-14(18,16-12-7-3-1-4-8-12)17-13-9-5-2-6-10-13/h1-10H,11H2. The van der Waals surface area contributed by atoms with E-state index in [0.717, 1.165) is 0 Å². The summed E-state index contributed by atoms with van der Waals surface area (Å²) >= 11 is 5.91. The fourth-order valence-corrected chi connectivity index (χ4v) is 1.78. The van der Waals surface area contributed by atoms with Crippen molar-refractivity contribution in [3.63, 3.8) is 0 Å². The van der Waals surface area contributed by atoms with Crippen LogP contribution in [0.3, 0.4) is 0 Å². The molecule has 3 radical (unpaired) electrons. The van der Waals surface area contributed by atoms with Crippen molar-refractivity contribution in [2.75, 3.05) is 5.88 Å². The first-order chi connectivity index (χ1) is 8.72. The fourth-order valence-electron chi connectivity index (χ4n) is 1.43. The molecule has 0 saturated heterocycles. The maximum atomic E-state index is 5.91. The molecule has 0 aliphatic carbocycles. The van der Waals surface area contributed by atoms with Crippen molar-refractivity contribution >= 4 is 21.8 Å². The molecule has 0 unspecified atom stereocenters. The highest BCUT2D eigenvalue weighted by Gasteiger charge is 2.27. The van der Waals surface area contributed by atoms with Crippen molar-refractivity contribution < 1.29 is 9.47 Å². The average molecular weight is 276 g/mol. The molecule has 2 aromatic rings. The van der Waals surface area contributed by atoms with Crippen LogP contribution in [0.25, 0.3) is 0 Å². The lowest BCUT2D eigenvalue weighted by molar-refractivity contribution is -0.0185. The third-order valence-electron chi connectivity index (χ3n) is 2.23. The fraction of sp³-hybridized carbons (Fsp3) is 0.143. The Bertz CT molecular complexity index is 434. The van der Waals surface area contributed by atoms with Gasteiger partial charge in [-0.2, -0.15) is 0 Å². The number of hydrogen-bond donors (Lipinski definition) is 0. The average Bonchev–Trinajstić information content (AvgIpc) is 2.41. The van der Waals surface area contributed by atoms with E-state index in [9.17, 15) is 0 Å². The molecule has 18 heavy (non-hydrogen) atoms. The molecule has 0 bridgehead atoms. The molecular weight excluding hydrogens is 264 g/mol. The van der Waals surface area contributed by atoms with E-state index in [0.29, 0.717) is 11.5 Å². The molecule has 2 aromatic carbocycles. The Kier molecular flexibility index (Phi) is 4.28. The second-order valence-electron chi connectivity index (χ2n) is 3.72. The van der Waals surface area contributed by atoms with Crippen molar-refractivity contribution in [3.05, 3.63) is 60.7 Å². The SMILES string of the molecule is [Si]C(CCl)(Oc1ccccc1)Oc1ccccc1. The summed E-state index contributed by atoms with van der Waals surface area (Å²) in [5, 5.41) is 0. The monoisotopic (exact) mass is 275 g/mol. The van der Waals surface area contributed by atoms with E-state index in [1.807, 2.05) is 60.7 Å².